The number of para-hydroxylation sites is 1. The molecular weight excluding hydrogens is 491 g/mol. The molecule has 186 valence electrons. The first-order valence-corrected chi connectivity index (χ1v) is 14.2. The second kappa shape index (κ2) is 10.6. The molecule has 0 bridgehead atoms. The van der Waals surface area contributed by atoms with E-state index in [9.17, 15) is 26.0 Å². The Bertz CT molecular complexity index is 1400. The van der Waals surface area contributed by atoms with Crippen LogP contribution in [0.4, 0.5) is 10.1 Å². The van der Waals surface area contributed by atoms with Gasteiger partial charge in [-0.05, 0) is 55.3 Å². The van der Waals surface area contributed by atoms with Gasteiger partial charge in [-0.1, -0.05) is 48.9 Å². The van der Waals surface area contributed by atoms with Crippen LogP contribution in [0.2, 0.25) is 0 Å². The number of halogens is 1. The molecule has 0 saturated carbocycles. The summed E-state index contributed by atoms with van der Waals surface area (Å²) in [4.78, 5) is 13.1. The molecule has 1 atom stereocenters. The Morgan fingerprint density at radius 2 is 1.49 bits per heavy atom. The Hall–Kier alpha value is -3.24. The average Bonchev–Trinajstić information content (AvgIpc) is 2.81. The van der Waals surface area contributed by atoms with Crippen LogP contribution in [0.5, 0.6) is 0 Å². The largest absolute Gasteiger partial charge is 0.348 e. The topological polar surface area (TPSA) is 101 Å². The summed E-state index contributed by atoms with van der Waals surface area (Å²) in [6, 6.07) is 17.0. The van der Waals surface area contributed by atoms with Gasteiger partial charge in [0, 0.05) is 6.26 Å². The highest BCUT2D eigenvalue weighted by Gasteiger charge is 2.29. The van der Waals surface area contributed by atoms with E-state index in [4.69, 9.17) is 0 Å². The molecule has 0 heterocycles. The molecule has 0 aromatic heterocycles. The average molecular weight is 519 g/mol. The van der Waals surface area contributed by atoms with E-state index in [-0.39, 0.29) is 15.5 Å². The van der Waals surface area contributed by atoms with Crippen molar-refractivity contribution in [3.8, 4) is 0 Å². The van der Waals surface area contributed by atoms with Crippen LogP contribution in [0.1, 0.15) is 30.5 Å². The number of aryl methyl sites for hydroxylation is 1. The zero-order chi connectivity index (χ0) is 25.8. The highest BCUT2D eigenvalue weighted by atomic mass is 32.2. The fourth-order valence-corrected chi connectivity index (χ4v) is 5.59. The molecule has 0 saturated heterocycles. The lowest BCUT2D eigenvalue weighted by Crippen LogP contribution is -2.42. The summed E-state index contributed by atoms with van der Waals surface area (Å²) in [5.41, 5.74) is 1.27. The summed E-state index contributed by atoms with van der Waals surface area (Å²) in [5.74, 6) is -1.41. The standard InChI is InChI=1S/C25H27FN2O5S2/c1-4-23(19-11-15-20(16-12-19)34(3,30)31)27-25(29)17-28(24-8-6-5-7-22(24)26)35(32,33)21-13-9-18(2)10-14-21/h5-16,23H,4,17H2,1-3H3,(H,27,29). The van der Waals surface area contributed by atoms with Crippen molar-refractivity contribution in [2.45, 2.75) is 36.1 Å². The van der Waals surface area contributed by atoms with E-state index in [0.29, 0.717) is 12.0 Å². The van der Waals surface area contributed by atoms with Crippen molar-refractivity contribution < 1.29 is 26.0 Å². The van der Waals surface area contributed by atoms with Gasteiger partial charge >= 0.3 is 0 Å². The van der Waals surface area contributed by atoms with Gasteiger partial charge in [-0.3, -0.25) is 9.10 Å². The quantitative estimate of drug-likeness (QED) is 0.462. The van der Waals surface area contributed by atoms with E-state index in [2.05, 4.69) is 5.32 Å². The number of hydrogen-bond donors (Lipinski definition) is 1. The predicted molar refractivity (Wildman–Crippen MR) is 133 cm³/mol. The highest BCUT2D eigenvalue weighted by molar-refractivity contribution is 7.93. The number of benzene rings is 3. The summed E-state index contributed by atoms with van der Waals surface area (Å²) in [5, 5.41) is 2.78. The van der Waals surface area contributed by atoms with E-state index in [1.165, 1.54) is 42.5 Å². The van der Waals surface area contributed by atoms with Gasteiger partial charge in [0.2, 0.25) is 5.91 Å². The second-order valence-corrected chi connectivity index (χ2v) is 12.0. The number of amides is 1. The van der Waals surface area contributed by atoms with E-state index in [0.717, 1.165) is 22.2 Å². The molecule has 0 aliphatic rings. The van der Waals surface area contributed by atoms with E-state index >= 15 is 0 Å². The molecule has 10 heteroatoms. The Labute approximate surface area is 205 Å². The minimum atomic E-state index is -4.25. The Balaban J connectivity index is 1.90. The highest BCUT2D eigenvalue weighted by Crippen LogP contribution is 2.27. The molecule has 3 aromatic rings. The molecule has 0 spiro atoms. The second-order valence-electron chi connectivity index (χ2n) is 8.15. The van der Waals surface area contributed by atoms with Crippen LogP contribution >= 0.6 is 0 Å². The summed E-state index contributed by atoms with van der Waals surface area (Å²) in [6.07, 6.45) is 1.57. The van der Waals surface area contributed by atoms with Crippen LogP contribution in [0, 0.1) is 12.7 Å². The van der Waals surface area contributed by atoms with E-state index < -0.39 is 44.2 Å². The van der Waals surface area contributed by atoms with Gasteiger partial charge in [0.1, 0.15) is 12.4 Å². The molecule has 0 aliphatic carbocycles. The molecule has 3 aromatic carbocycles. The fraction of sp³-hybridized carbons (Fsp3) is 0.240. The SMILES string of the molecule is CCC(NC(=O)CN(c1ccccc1F)S(=O)(=O)c1ccc(C)cc1)c1ccc(S(C)(=O)=O)cc1. The van der Waals surface area contributed by atoms with Gasteiger partial charge in [-0.25, -0.2) is 21.2 Å². The summed E-state index contributed by atoms with van der Waals surface area (Å²) in [7, 11) is -7.62. The summed E-state index contributed by atoms with van der Waals surface area (Å²) in [6.45, 7) is 2.99. The third kappa shape index (κ3) is 6.26. The Morgan fingerprint density at radius 1 is 0.914 bits per heavy atom. The van der Waals surface area contributed by atoms with Gasteiger partial charge in [0.05, 0.1) is 21.5 Å². The number of hydrogen-bond acceptors (Lipinski definition) is 5. The van der Waals surface area contributed by atoms with Crippen LogP contribution in [0.15, 0.2) is 82.6 Å². The van der Waals surface area contributed by atoms with Crippen LogP contribution in [-0.4, -0.2) is 35.5 Å². The number of carbonyl (C=O) groups is 1. The molecule has 1 unspecified atom stereocenters. The first-order chi connectivity index (χ1) is 16.4. The van der Waals surface area contributed by atoms with Gasteiger partial charge in [-0.2, -0.15) is 0 Å². The van der Waals surface area contributed by atoms with Gasteiger partial charge in [-0.15, -0.1) is 0 Å². The Morgan fingerprint density at radius 3 is 2.03 bits per heavy atom. The maximum absolute atomic E-state index is 14.6. The molecular formula is C25H27FN2O5S2. The van der Waals surface area contributed by atoms with Crippen LogP contribution in [0.25, 0.3) is 0 Å². The molecule has 3 rings (SSSR count). The van der Waals surface area contributed by atoms with Gasteiger partial charge < -0.3 is 5.32 Å². The van der Waals surface area contributed by atoms with E-state index in [1.54, 1.807) is 24.3 Å². The van der Waals surface area contributed by atoms with Gasteiger partial charge in [0.15, 0.2) is 9.84 Å². The summed E-state index contributed by atoms with van der Waals surface area (Å²) < 4.78 is 65.6. The number of sulfone groups is 1. The first-order valence-electron chi connectivity index (χ1n) is 10.9. The number of nitrogens with zero attached hydrogens (tertiary/aromatic N) is 1. The van der Waals surface area contributed by atoms with E-state index in [1.807, 2.05) is 13.8 Å². The number of anilines is 1. The predicted octanol–water partition coefficient (Wildman–Crippen LogP) is 4.00. The third-order valence-corrected chi connectivity index (χ3v) is 8.37. The van der Waals surface area contributed by atoms with Crippen LogP contribution < -0.4 is 9.62 Å². The monoisotopic (exact) mass is 518 g/mol. The molecule has 0 fully saturated rings. The van der Waals surface area contributed by atoms with Crippen molar-refractivity contribution in [3.05, 3.63) is 89.7 Å². The molecule has 7 nitrogen and oxygen atoms in total. The molecule has 1 amide bonds. The van der Waals surface area contributed by atoms with Crippen molar-refractivity contribution in [3.63, 3.8) is 0 Å². The van der Waals surface area contributed by atoms with Crippen LogP contribution in [0.3, 0.4) is 0 Å². The number of carbonyl (C=O) groups excluding carboxylic acids is 1. The van der Waals surface area contributed by atoms with Gasteiger partial charge in [0.25, 0.3) is 10.0 Å². The summed E-state index contributed by atoms with van der Waals surface area (Å²) >= 11 is 0. The molecule has 35 heavy (non-hydrogen) atoms. The fourth-order valence-electron chi connectivity index (χ4n) is 3.53. The maximum Gasteiger partial charge on any atom is 0.264 e. The molecule has 0 aliphatic heterocycles. The minimum Gasteiger partial charge on any atom is -0.348 e. The van der Waals surface area contributed by atoms with Crippen LogP contribution in [-0.2, 0) is 24.7 Å². The van der Waals surface area contributed by atoms with Crippen molar-refractivity contribution >= 4 is 31.5 Å². The lowest BCUT2D eigenvalue weighted by molar-refractivity contribution is -0.120. The smallest absolute Gasteiger partial charge is 0.264 e. The zero-order valence-electron chi connectivity index (χ0n) is 19.6. The van der Waals surface area contributed by atoms with Crippen molar-refractivity contribution in [1.82, 2.24) is 5.32 Å². The minimum absolute atomic E-state index is 0.0671. The lowest BCUT2D eigenvalue weighted by Gasteiger charge is -2.26. The third-order valence-electron chi connectivity index (χ3n) is 5.47. The maximum atomic E-state index is 14.6. The normalized spacial score (nSPS) is 12.7. The zero-order valence-corrected chi connectivity index (χ0v) is 21.2. The molecule has 0 radical (unpaired) electrons. The number of nitrogens with one attached hydrogen (secondary N) is 1. The molecule has 1 N–H and O–H groups in total. The number of rotatable bonds is 9. The first kappa shape index (κ1) is 26.4. The van der Waals surface area contributed by atoms with Crippen molar-refractivity contribution in [2.24, 2.45) is 0 Å². The number of sulfonamides is 1. The Kier molecular flexibility index (Phi) is 7.97. The van der Waals surface area contributed by atoms with Crippen molar-refractivity contribution in [2.75, 3.05) is 17.1 Å². The lowest BCUT2D eigenvalue weighted by atomic mass is 10.0. The van der Waals surface area contributed by atoms with Crippen molar-refractivity contribution in [1.29, 1.82) is 0 Å².